The molecule has 0 fully saturated rings. The van der Waals surface area contributed by atoms with Gasteiger partial charge in [0.05, 0.1) is 25.7 Å². The van der Waals surface area contributed by atoms with Crippen molar-refractivity contribution in [3.05, 3.63) is 38.4 Å². The van der Waals surface area contributed by atoms with Gasteiger partial charge in [0.1, 0.15) is 19.3 Å². The maximum Gasteiger partial charge on any atom is 0.490 e. The van der Waals surface area contributed by atoms with Gasteiger partial charge in [0.2, 0.25) is 11.8 Å². The predicted molar refractivity (Wildman–Crippen MR) is 113 cm³/mol. The van der Waals surface area contributed by atoms with Crippen LogP contribution < -0.4 is 10.6 Å². The van der Waals surface area contributed by atoms with Crippen molar-refractivity contribution in [1.29, 1.82) is 0 Å². The lowest BCUT2D eigenvalue weighted by Crippen LogP contribution is -2.44. The van der Waals surface area contributed by atoms with Crippen LogP contribution in [0.2, 0.25) is 0 Å². The summed E-state index contributed by atoms with van der Waals surface area (Å²) in [5, 5.41) is 30.1. The first kappa shape index (κ1) is 34.2. The number of alkyl halides is 3. The maximum absolute atomic E-state index is 12.0. The number of H-pyrrole nitrogens is 1. The summed E-state index contributed by atoms with van der Waals surface area (Å²) < 4.78 is 41.3. The molecular weight excluding hydrogens is 553 g/mol. The monoisotopic (exact) mass is 576 g/mol. The third kappa shape index (κ3) is 17.4. The number of ether oxygens (including phenoxy) is 2. The average Bonchev–Trinajstić information content (AvgIpc) is 3.34. The van der Waals surface area contributed by atoms with Crippen LogP contribution in [0.25, 0.3) is 0 Å². The van der Waals surface area contributed by atoms with Crippen LogP contribution in [-0.4, -0.2) is 101 Å². The number of halogens is 3. The van der Waals surface area contributed by atoms with Gasteiger partial charge in [-0.15, -0.1) is 20.2 Å². The van der Waals surface area contributed by atoms with Gasteiger partial charge in [-0.2, -0.15) is 13.2 Å². The zero-order valence-corrected chi connectivity index (χ0v) is 19.9. The molecule has 2 atom stereocenters. The lowest BCUT2D eigenvalue weighted by Gasteiger charge is -2.16. The number of carboxylic acid groups (broad SMARTS) is 1. The number of methoxy groups -OCH3 is 1. The average molecular weight is 576 g/mol. The SMILES string of the molecule is COC(=O)C(Cc1c[nH]cn1)NC(=O)CCNC(=O)COCC(CO[N+](=O)[O-])O[N+](=O)[O-].O=C(O)C(F)(F)F. The van der Waals surface area contributed by atoms with Crippen LogP contribution in [0.15, 0.2) is 12.5 Å². The van der Waals surface area contributed by atoms with Gasteiger partial charge in [0.15, 0.2) is 6.10 Å². The summed E-state index contributed by atoms with van der Waals surface area (Å²) in [5.74, 6) is -4.61. The molecule has 0 aliphatic heterocycles. The first-order chi connectivity index (χ1) is 18.1. The first-order valence-corrected chi connectivity index (χ1v) is 10.2. The molecule has 1 heterocycles. The summed E-state index contributed by atoms with van der Waals surface area (Å²) in [6.45, 7) is -1.95. The fourth-order valence-corrected chi connectivity index (χ4v) is 2.24. The Morgan fingerprint density at radius 2 is 1.79 bits per heavy atom. The standard InChI is InChI=1S/C15H22N6O11.C2HF3O2/c1-29-15(24)12(4-10-5-16-9-18-10)19-13(22)2-3-17-14(23)8-30-6-11(32-21(27)28)7-31-20(25)26;3-2(4,5)1(6)7/h5,9,11-12H,2-4,6-8H2,1H3,(H,16,18)(H,17,23)(H,19,22);(H,6,7). The number of hydrogen-bond acceptors (Lipinski definition) is 13. The molecule has 19 nitrogen and oxygen atoms in total. The van der Waals surface area contributed by atoms with Crippen LogP contribution in [0.1, 0.15) is 12.1 Å². The van der Waals surface area contributed by atoms with E-state index in [1.807, 2.05) is 0 Å². The number of amides is 2. The number of aromatic nitrogens is 2. The first-order valence-electron chi connectivity index (χ1n) is 10.2. The summed E-state index contributed by atoms with van der Waals surface area (Å²) in [5.41, 5.74) is 0.536. The number of carbonyl (C=O) groups is 4. The Kier molecular flexibility index (Phi) is 15.5. The molecule has 1 aromatic rings. The van der Waals surface area contributed by atoms with Gasteiger partial charge in [0, 0.05) is 25.6 Å². The Labute approximate surface area is 215 Å². The van der Waals surface area contributed by atoms with Crippen molar-refractivity contribution in [3.8, 4) is 0 Å². The molecule has 0 aliphatic carbocycles. The number of aliphatic carboxylic acids is 1. The van der Waals surface area contributed by atoms with E-state index in [2.05, 4.69) is 35.0 Å². The highest BCUT2D eigenvalue weighted by Crippen LogP contribution is 2.13. The molecule has 220 valence electrons. The summed E-state index contributed by atoms with van der Waals surface area (Å²) >= 11 is 0. The van der Waals surface area contributed by atoms with Gasteiger partial charge in [-0.25, -0.2) is 14.6 Å². The van der Waals surface area contributed by atoms with Crippen molar-refractivity contribution in [2.75, 3.05) is 33.5 Å². The quantitative estimate of drug-likeness (QED) is 0.0997. The van der Waals surface area contributed by atoms with Crippen molar-refractivity contribution < 1.29 is 66.8 Å². The Hall–Kier alpha value is -4.76. The van der Waals surface area contributed by atoms with E-state index in [0.29, 0.717) is 5.69 Å². The molecule has 0 aromatic carbocycles. The molecule has 0 saturated heterocycles. The third-order valence-electron chi connectivity index (χ3n) is 3.84. The molecule has 0 aliphatic rings. The van der Waals surface area contributed by atoms with Crippen molar-refractivity contribution in [3.63, 3.8) is 0 Å². The number of carbonyl (C=O) groups excluding carboxylic acids is 3. The fraction of sp³-hybridized carbons (Fsp3) is 0.588. The molecule has 39 heavy (non-hydrogen) atoms. The van der Waals surface area contributed by atoms with Crippen LogP contribution in [0.5, 0.6) is 0 Å². The van der Waals surface area contributed by atoms with Crippen molar-refractivity contribution in [1.82, 2.24) is 20.6 Å². The second-order valence-corrected chi connectivity index (χ2v) is 6.80. The molecular formula is C17H23F3N6O13. The third-order valence-corrected chi connectivity index (χ3v) is 3.84. The Bertz CT molecular complexity index is 961. The van der Waals surface area contributed by atoms with Gasteiger partial charge in [0.25, 0.3) is 10.2 Å². The number of hydrogen-bond donors (Lipinski definition) is 4. The number of imidazole rings is 1. The van der Waals surface area contributed by atoms with Crippen molar-refractivity contribution in [2.45, 2.75) is 31.2 Å². The van der Waals surface area contributed by atoms with E-state index >= 15 is 0 Å². The van der Waals surface area contributed by atoms with Crippen molar-refractivity contribution >= 4 is 23.8 Å². The van der Waals surface area contributed by atoms with E-state index in [-0.39, 0.29) is 19.4 Å². The minimum atomic E-state index is -5.08. The van der Waals surface area contributed by atoms with Crippen LogP contribution in [0, 0.1) is 20.2 Å². The largest absolute Gasteiger partial charge is 0.490 e. The van der Waals surface area contributed by atoms with Crippen LogP contribution >= 0.6 is 0 Å². The molecule has 1 aromatic heterocycles. The smallest absolute Gasteiger partial charge is 0.475 e. The highest BCUT2D eigenvalue weighted by Gasteiger charge is 2.38. The number of nitrogens with one attached hydrogen (secondary N) is 3. The molecule has 0 spiro atoms. The van der Waals surface area contributed by atoms with E-state index in [4.69, 9.17) is 14.6 Å². The zero-order valence-electron chi connectivity index (χ0n) is 19.9. The molecule has 0 bridgehead atoms. The minimum Gasteiger partial charge on any atom is -0.475 e. The summed E-state index contributed by atoms with van der Waals surface area (Å²) in [4.78, 5) is 79.7. The lowest BCUT2D eigenvalue weighted by molar-refractivity contribution is -0.790. The fourth-order valence-electron chi connectivity index (χ4n) is 2.24. The van der Waals surface area contributed by atoms with Gasteiger partial charge >= 0.3 is 18.1 Å². The highest BCUT2D eigenvalue weighted by molar-refractivity contribution is 5.85. The van der Waals surface area contributed by atoms with Crippen molar-refractivity contribution in [2.24, 2.45) is 0 Å². The Morgan fingerprint density at radius 3 is 2.28 bits per heavy atom. The molecule has 0 saturated carbocycles. The number of nitrogens with zero attached hydrogens (tertiary/aromatic N) is 3. The summed E-state index contributed by atoms with van der Waals surface area (Å²) in [6, 6.07) is -0.963. The van der Waals surface area contributed by atoms with E-state index in [0.717, 1.165) is 0 Å². The van der Waals surface area contributed by atoms with Gasteiger partial charge < -0.3 is 39.9 Å². The molecule has 22 heteroatoms. The van der Waals surface area contributed by atoms with Crippen LogP contribution in [0.3, 0.4) is 0 Å². The normalized spacial score (nSPS) is 12.0. The van der Waals surface area contributed by atoms with E-state index in [1.54, 1.807) is 6.20 Å². The Morgan fingerprint density at radius 1 is 1.15 bits per heavy atom. The number of aromatic amines is 1. The Balaban J connectivity index is 0.00000181. The second kappa shape index (κ2) is 17.7. The van der Waals surface area contributed by atoms with E-state index < -0.39 is 72.1 Å². The number of rotatable bonds is 16. The molecule has 1 rings (SSSR count). The summed E-state index contributed by atoms with van der Waals surface area (Å²) in [7, 11) is 1.18. The van der Waals surface area contributed by atoms with Crippen LogP contribution in [0.4, 0.5) is 13.2 Å². The predicted octanol–water partition coefficient (Wildman–Crippen LogP) is -1.45. The number of carboxylic acids is 1. The number of esters is 1. The lowest BCUT2D eigenvalue weighted by atomic mass is 10.1. The molecule has 2 amide bonds. The van der Waals surface area contributed by atoms with E-state index in [1.165, 1.54) is 13.4 Å². The van der Waals surface area contributed by atoms with Gasteiger partial charge in [-0.1, -0.05) is 0 Å². The zero-order chi connectivity index (χ0) is 30.0. The topological polar surface area (TPSA) is 264 Å². The van der Waals surface area contributed by atoms with E-state index in [9.17, 15) is 47.8 Å². The molecule has 2 unspecified atom stereocenters. The minimum absolute atomic E-state index is 0.0937. The molecule has 0 radical (unpaired) electrons. The summed E-state index contributed by atoms with van der Waals surface area (Å²) in [6.07, 6.45) is -3.57. The highest BCUT2D eigenvalue weighted by atomic mass is 19.4. The van der Waals surface area contributed by atoms with Gasteiger partial charge in [-0.05, 0) is 0 Å². The second-order valence-electron chi connectivity index (χ2n) is 6.80. The maximum atomic E-state index is 12.0. The van der Waals surface area contributed by atoms with Crippen LogP contribution in [-0.2, 0) is 44.7 Å². The van der Waals surface area contributed by atoms with Gasteiger partial charge in [-0.3, -0.25) is 9.59 Å². The molecule has 4 N–H and O–H groups in total.